The molecule has 1 unspecified atom stereocenters. The monoisotopic (exact) mass is 700 g/mol. The first-order valence-corrected chi connectivity index (χ1v) is 19.4. The fourth-order valence-electron chi connectivity index (χ4n) is 8.73. The van der Waals surface area contributed by atoms with Crippen LogP contribution in [0.1, 0.15) is 97.3 Å². The molecular weight excluding hydrogens is 649 g/mol. The van der Waals surface area contributed by atoms with Gasteiger partial charge in [0.05, 0.1) is 17.8 Å². The van der Waals surface area contributed by atoms with Crippen molar-refractivity contribution in [3.05, 3.63) is 65.4 Å². The Morgan fingerprint density at radius 3 is 2.58 bits per heavy atom. The van der Waals surface area contributed by atoms with Crippen molar-refractivity contribution in [2.75, 3.05) is 13.1 Å². The molecule has 5 aliphatic rings. The molecule has 8 rings (SSSR count). The van der Waals surface area contributed by atoms with Crippen LogP contribution < -0.4 is 4.74 Å². The normalized spacial score (nSPS) is 22.8. The number of ether oxygens (including phenoxy) is 2. The minimum Gasteiger partial charge on any atom is -0.488 e. The van der Waals surface area contributed by atoms with Gasteiger partial charge in [0, 0.05) is 55.0 Å². The lowest BCUT2D eigenvalue weighted by atomic mass is 9.89. The van der Waals surface area contributed by atoms with Crippen molar-refractivity contribution in [3.63, 3.8) is 0 Å². The van der Waals surface area contributed by atoms with Gasteiger partial charge >= 0.3 is 6.09 Å². The predicted molar refractivity (Wildman–Crippen MR) is 208 cm³/mol. The summed E-state index contributed by atoms with van der Waals surface area (Å²) in [5, 5.41) is 2.36. The highest BCUT2D eigenvalue weighted by atomic mass is 16.6. The number of likely N-dealkylation sites (tertiary alicyclic amines) is 2. The summed E-state index contributed by atoms with van der Waals surface area (Å²) in [6, 6.07) is 15.5. The number of benzene rings is 3. The van der Waals surface area contributed by atoms with Crippen LogP contribution in [-0.2, 0) is 22.6 Å². The maximum Gasteiger partial charge on any atom is 0.410 e. The van der Waals surface area contributed by atoms with Gasteiger partial charge in [-0.2, -0.15) is 0 Å². The van der Waals surface area contributed by atoms with Crippen LogP contribution >= 0.6 is 0 Å². The summed E-state index contributed by atoms with van der Waals surface area (Å²) in [7, 11) is 0. The Balaban J connectivity index is 0.996. The summed E-state index contributed by atoms with van der Waals surface area (Å²) in [5.41, 5.74) is 9.65. The maximum atomic E-state index is 13.4. The number of hydrogen-bond acceptors (Lipinski definition) is 6. The van der Waals surface area contributed by atoms with E-state index < -0.39 is 5.60 Å². The summed E-state index contributed by atoms with van der Waals surface area (Å²) < 4.78 is 12.3. The highest BCUT2D eigenvalue weighted by molar-refractivity contribution is 6.07. The number of allylic oxidation sites excluding steroid dienone is 1. The third-order valence-electron chi connectivity index (χ3n) is 12.0. The molecule has 8 nitrogen and oxygen atoms in total. The van der Waals surface area contributed by atoms with Crippen molar-refractivity contribution in [1.82, 2.24) is 9.80 Å². The van der Waals surface area contributed by atoms with Crippen LogP contribution in [0.3, 0.4) is 0 Å². The van der Waals surface area contributed by atoms with Crippen LogP contribution in [0.25, 0.3) is 27.5 Å². The van der Waals surface area contributed by atoms with Crippen LogP contribution in [0.5, 0.6) is 5.75 Å². The molecule has 5 aliphatic heterocycles. The van der Waals surface area contributed by atoms with Crippen molar-refractivity contribution in [2.45, 2.75) is 111 Å². The van der Waals surface area contributed by atoms with E-state index in [0.717, 1.165) is 84.6 Å². The van der Waals surface area contributed by atoms with E-state index >= 15 is 0 Å². The largest absolute Gasteiger partial charge is 0.488 e. The molecule has 5 heterocycles. The Hall–Kier alpha value is -4.46. The maximum absolute atomic E-state index is 13.4. The molecule has 3 aromatic carbocycles. The number of carbonyl (C=O) groups excluding carboxylic acids is 2. The lowest BCUT2D eigenvalue weighted by Gasteiger charge is -2.29. The zero-order chi connectivity index (χ0) is 36.5. The first-order valence-electron chi connectivity index (χ1n) is 19.4. The minimum atomic E-state index is -0.535. The smallest absolute Gasteiger partial charge is 0.410 e. The second-order valence-corrected chi connectivity index (χ2v) is 16.9. The molecule has 0 radical (unpaired) electrons. The average Bonchev–Trinajstić information content (AvgIpc) is 3.94. The molecule has 0 N–H and O–H groups in total. The third kappa shape index (κ3) is 6.22. The molecule has 2 fully saturated rings. The van der Waals surface area contributed by atoms with Crippen molar-refractivity contribution in [1.29, 1.82) is 0 Å². The number of nitrogens with zero attached hydrogens (tertiary/aromatic N) is 4. The van der Waals surface area contributed by atoms with Crippen molar-refractivity contribution >= 4 is 45.5 Å². The van der Waals surface area contributed by atoms with Crippen molar-refractivity contribution in [3.8, 4) is 16.9 Å². The van der Waals surface area contributed by atoms with E-state index in [1.165, 1.54) is 27.5 Å². The van der Waals surface area contributed by atoms with Gasteiger partial charge in [0.15, 0.2) is 0 Å². The van der Waals surface area contributed by atoms with Gasteiger partial charge in [0.1, 0.15) is 18.0 Å². The van der Waals surface area contributed by atoms with Crippen molar-refractivity contribution in [2.24, 2.45) is 27.7 Å². The van der Waals surface area contributed by atoms with Crippen LogP contribution in [0.15, 0.2) is 58.6 Å². The van der Waals surface area contributed by atoms with Crippen LogP contribution in [0, 0.1) is 17.8 Å². The van der Waals surface area contributed by atoms with E-state index in [2.05, 4.69) is 75.1 Å². The van der Waals surface area contributed by atoms with E-state index in [1.807, 2.05) is 31.9 Å². The SMILES string of the molecule is CC[C@H]1C[C@@H](C2=NC=C(c3ccc4c(c3)COc3cc5c6c(ccc5cc3-4)N=C([C@@H]3CCCN3C(=O)C(C)C(C)C)C6)C2)N(C(=O)OC(C)(C)C)C1. The molecular formula is C44H52N4O4. The molecule has 2 saturated heterocycles. The summed E-state index contributed by atoms with van der Waals surface area (Å²) in [5.74, 6) is 1.93. The average molecular weight is 701 g/mol. The van der Waals surface area contributed by atoms with Gasteiger partial charge < -0.3 is 14.4 Å². The molecule has 2 amide bonds. The van der Waals surface area contributed by atoms with E-state index in [4.69, 9.17) is 19.5 Å². The number of rotatable bonds is 6. The topological polar surface area (TPSA) is 83.8 Å². The number of carbonyl (C=O) groups is 2. The van der Waals surface area contributed by atoms with E-state index in [1.54, 1.807) is 0 Å². The van der Waals surface area contributed by atoms with Crippen molar-refractivity contribution < 1.29 is 19.1 Å². The molecule has 0 aromatic heterocycles. The van der Waals surface area contributed by atoms with Gasteiger partial charge in [-0.25, -0.2) is 4.79 Å². The number of hydrogen-bond donors (Lipinski definition) is 0. The molecule has 3 aromatic rings. The second-order valence-electron chi connectivity index (χ2n) is 16.9. The molecule has 0 aliphatic carbocycles. The first-order chi connectivity index (χ1) is 24.9. The summed E-state index contributed by atoms with van der Waals surface area (Å²) >= 11 is 0. The zero-order valence-electron chi connectivity index (χ0n) is 31.8. The fourth-order valence-corrected chi connectivity index (χ4v) is 8.73. The lowest BCUT2D eigenvalue weighted by molar-refractivity contribution is -0.136. The van der Waals surface area contributed by atoms with Gasteiger partial charge in [-0.1, -0.05) is 52.3 Å². The highest BCUT2D eigenvalue weighted by Gasteiger charge is 2.41. The van der Waals surface area contributed by atoms with Gasteiger partial charge in [0.25, 0.3) is 0 Å². The van der Waals surface area contributed by atoms with E-state index in [9.17, 15) is 9.59 Å². The summed E-state index contributed by atoms with van der Waals surface area (Å²) in [6.07, 6.45) is 7.18. The standard InChI is InChI=1S/C44H52N4O4/c1-8-27-16-40(48(23-27)43(50)52-44(5,6)7)37-19-30(22-45-37)28-11-13-32-31(17-28)24-51-41-21-33-29(18-35(32)41)12-14-36-34(33)20-38(46-36)39-10-9-15-47(39)42(49)26(4)25(2)3/h11-14,17-18,21-22,25-27,39-40H,8-10,15-16,19-20,23-24H2,1-7H3/t26?,27-,39-,40-/m0/s1. The Labute approximate surface area is 308 Å². The van der Waals surface area contributed by atoms with Gasteiger partial charge in [-0.05, 0) is 115 Å². The minimum absolute atomic E-state index is 0.0107. The number of aliphatic imine (C=N–C) groups is 2. The second kappa shape index (κ2) is 13.2. The third-order valence-corrected chi connectivity index (χ3v) is 12.0. The van der Waals surface area contributed by atoms with Crippen LogP contribution in [0.2, 0.25) is 0 Å². The van der Waals surface area contributed by atoms with E-state index in [0.29, 0.717) is 25.0 Å². The molecule has 0 saturated carbocycles. The highest BCUT2D eigenvalue weighted by Crippen LogP contribution is 2.45. The Kier molecular flexibility index (Phi) is 8.78. The lowest BCUT2D eigenvalue weighted by Crippen LogP contribution is -2.44. The fraction of sp³-hybridized carbons (Fsp3) is 0.500. The summed E-state index contributed by atoms with van der Waals surface area (Å²) in [4.78, 5) is 40.6. The molecule has 52 heavy (non-hydrogen) atoms. The molecule has 0 spiro atoms. The van der Waals surface area contributed by atoms with Crippen LogP contribution in [0.4, 0.5) is 10.5 Å². The predicted octanol–water partition coefficient (Wildman–Crippen LogP) is 9.53. The Morgan fingerprint density at radius 1 is 0.981 bits per heavy atom. The Bertz CT molecular complexity index is 2050. The number of fused-ring (bicyclic) bond motifs is 6. The van der Waals surface area contributed by atoms with Crippen LogP contribution in [-0.4, -0.2) is 64.0 Å². The number of amides is 2. The summed E-state index contributed by atoms with van der Waals surface area (Å²) in [6.45, 7) is 16.3. The zero-order valence-corrected chi connectivity index (χ0v) is 31.8. The Morgan fingerprint density at radius 2 is 1.81 bits per heavy atom. The molecule has 272 valence electrons. The molecule has 4 atom stereocenters. The quantitative estimate of drug-likeness (QED) is 0.257. The first kappa shape index (κ1) is 34.6. The van der Waals surface area contributed by atoms with Gasteiger partial charge in [0.2, 0.25) is 5.91 Å². The van der Waals surface area contributed by atoms with Gasteiger partial charge in [-0.3, -0.25) is 19.7 Å². The van der Waals surface area contributed by atoms with Gasteiger partial charge in [-0.15, -0.1) is 0 Å². The molecule has 0 bridgehead atoms. The molecule has 8 heteroatoms. The van der Waals surface area contributed by atoms with E-state index in [-0.39, 0.29) is 30.0 Å².